The van der Waals surface area contributed by atoms with Gasteiger partial charge in [0.25, 0.3) is 0 Å². The van der Waals surface area contributed by atoms with Crippen LogP contribution in [0.5, 0.6) is 5.88 Å². The maximum absolute atomic E-state index is 10.9. The van der Waals surface area contributed by atoms with Crippen molar-refractivity contribution >= 4 is 22.6 Å². The molecule has 1 aliphatic heterocycles. The number of carbonyl (C=O) groups excluding carboxylic acids is 1. The minimum Gasteiger partial charge on any atom is -0.391 e. The number of ether oxygens (including phenoxy) is 2. The van der Waals surface area contributed by atoms with Gasteiger partial charge in [0.2, 0.25) is 5.88 Å². The molecule has 31 heavy (non-hydrogen) atoms. The number of anilines is 1. The van der Waals surface area contributed by atoms with Gasteiger partial charge in [-0.2, -0.15) is 0 Å². The summed E-state index contributed by atoms with van der Waals surface area (Å²) in [5.41, 5.74) is 8.42. The number of piperidine rings is 1. The SMILES string of the molecule is CN1CCC(OCc2ccc(CNc3ccc4cnc(OC(N)=O)cc4c3)cc2)CC1. The second kappa shape index (κ2) is 9.76. The number of hydrogen-bond acceptors (Lipinski definition) is 6. The molecule has 1 saturated heterocycles. The molecule has 0 radical (unpaired) electrons. The molecule has 0 saturated carbocycles. The lowest BCUT2D eigenvalue weighted by Gasteiger charge is -2.28. The Bertz CT molecular complexity index is 1030. The number of fused-ring (bicyclic) bond motifs is 1. The van der Waals surface area contributed by atoms with Gasteiger partial charge in [-0.25, -0.2) is 9.78 Å². The van der Waals surface area contributed by atoms with E-state index in [-0.39, 0.29) is 5.88 Å². The Balaban J connectivity index is 1.31. The third-order valence-corrected chi connectivity index (χ3v) is 5.57. The molecule has 0 spiro atoms. The Morgan fingerprint density at radius 2 is 1.84 bits per heavy atom. The first-order valence-electron chi connectivity index (χ1n) is 10.5. The number of hydrogen-bond donors (Lipinski definition) is 2. The van der Waals surface area contributed by atoms with Crippen molar-refractivity contribution in [3.8, 4) is 5.88 Å². The standard InChI is InChI=1S/C24H28N4O3/c1-28-10-8-22(9-11-28)30-16-18-4-2-17(3-5-18)14-26-21-7-6-19-15-27-23(31-24(25)29)13-20(19)12-21/h2-7,12-13,15,22,26H,8-11,14,16H2,1H3,(H2,25,29). The molecule has 162 valence electrons. The van der Waals surface area contributed by atoms with Crippen molar-refractivity contribution in [2.75, 3.05) is 25.5 Å². The highest BCUT2D eigenvalue weighted by Gasteiger charge is 2.16. The lowest BCUT2D eigenvalue weighted by molar-refractivity contribution is 0.00213. The fraction of sp³-hybridized carbons (Fsp3) is 0.333. The second-order valence-corrected chi connectivity index (χ2v) is 7.99. The van der Waals surface area contributed by atoms with Crippen molar-refractivity contribution in [2.24, 2.45) is 5.73 Å². The fourth-order valence-electron chi connectivity index (χ4n) is 3.71. The lowest BCUT2D eigenvalue weighted by Crippen LogP contribution is -2.34. The van der Waals surface area contributed by atoms with Crippen LogP contribution in [0.1, 0.15) is 24.0 Å². The van der Waals surface area contributed by atoms with E-state index in [0.29, 0.717) is 19.3 Å². The monoisotopic (exact) mass is 420 g/mol. The maximum Gasteiger partial charge on any atom is 0.411 e. The van der Waals surface area contributed by atoms with Gasteiger partial charge in [0.05, 0.1) is 12.7 Å². The number of primary amides is 1. The summed E-state index contributed by atoms with van der Waals surface area (Å²) in [7, 11) is 2.16. The number of likely N-dealkylation sites (tertiary alicyclic amines) is 1. The smallest absolute Gasteiger partial charge is 0.391 e. The molecule has 2 heterocycles. The molecule has 0 unspecified atom stereocenters. The zero-order valence-electron chi connectivity index (χ0n) is 17.7. The zero-order valence-corrected chi connectivity index (χ0v) is 17.7. The van der Waals surface area contributed by atoms with E-state index < -0.39 is 6.09 Å². The van der Waals surface area contributed by atoms with E-state index in [4.69, 9.17) is 15.2 Å². The Kier molecular flexibility index (Phi) is 6.64. The number of carbonyl (C=O) groups is 1. The first-order chi connectivity index (χ1) is 15.0. The molecule has 1 aromatic heterocycles. The second-order valence-electron chi connectivity index (χ2n) is 7.99. The summed E-state index contributed by atoms with van der Waals surface area (Å²) in [5.74, 6) is 0.190. The summed E-state index contributed by atoms with van der Waals surface area (Å²) < 4.78 is 10.9. The van der Waals surface area contributed by atoms with Crippen molar-refractivity contribution in [3.05, 3.63) is 65.9 Å². The third-order valence-electron chi connectivity index (χ3n) is 5.57. The zero-order chi connectivity index (χ0) is 21.6. The number of aromatic nitrogens is 1. The third kappa shape index (κ3) is 5.93. The molecule has 4 rings (SSSR count). The first-order valence-corrected chi connectivity index (χ1v) is 10.5. The van der Waals surface area contributed by atoms with Gasteiger partial charge < -0.3 is 25.4 Å². The van der Waals surface area contributed by atoms with Gasteiger partial charge in [-0.1, -0.05) is 30.3 Å². The van der Waals surface area contributed by atoms with Gasteiger partial charge in [-0.05, 0) is 48.5 Å². The number of rotatable bonds is 7. The number of amides is 1. The van der Waals surface area contributed by atoms with E-state index in [0.717, 1.165) is 42.4 Å². The van der Waals surface area contributed by atoms with E-state index in [2.05, 4.69) is 46.5 Å². The summed E-state index contributed by atoms with van der Waals surface area (Å²) in [6.07, 6.45) is 3.37. The minimum atomic E-state index is -0.874. The van der Waals surface area contributed by atoms with E-state index in [9.17, 15) is 4.79 Å². The average Bonchev–Trinajstić information content (AvgIpc) is 2.77. The lowest BCUT2D eigenvalue weighted by atomic mass is 10.1. The first kappa shape index (κ1) is 21.1. The highest BCUT2D eigenvalue weighted by molar-refractivity contribution is 5.86. The molecular weight excluding hydrogens is 392 g/mol. The van der Waals surface area contributed by atoms with Gasteiger partial charge in [-0.15, -0.1) is 0 Å². The highest BCUT2D eigenvalue weighted by Crippen LogP contribution is 2.23. The molecule has 0 bridgehead atoms. The van der Waals surface area contributed by atoms with Crippen LogP contribution in [0.3, 0.4) is 0 Å². The Morgan fingerprint density at radius 3 is 2.58 bits per heavy atom. The Hall–Kier alpha value is -3.16. The van der Waals surface area contributed by atoms with Crippen LogP contribution < -0.4 is 15.8 Å². The fourth-order valence-corrected chi connectivity index (χ4v) is 3.71. The maximum atomic E-state index is 10.9. The van der Waals surface area contributed by atoms with Gasteiger partial charge >= 0.3 is 6.09 Å². The van der Waals surface area contributed by atoms with Crippen LogP contribution in [0.2, 0.25) is 0 Å². The largest absolute Gasteiger partial charge is 0.411 e. The van der Waals surface area contributed by atoms with Crippen molar-refractivity contribution in [3.63, 3.8) is 0 Å². The van der Waals surface area contributed by atoms with Gasteiger partial charge in [-0.3, -0.25) is 0 Å². The van der Waals surface area contributed by atoms with E-state index in [1.54, 1.807) is 12.3 Å². The van der Waals surface area contributed by atoms with Gasteiger partial charge in [0, 0.05) is 43.0 Å². The van der Waals surface area contributed by atoms with Crippen LogP contribution in [0.4, 0.5) is 10.5 Å². The van der Waals surface area contributed by atoms with Crippen LogP contribution in [-0.2, 0) is 17.9 Å². The van der Waals surface area contributed by atoms with Crippen molar-refractivity contribution < 1.29 is 14.3 Å². The molecule has 7 nitrogen and oxygen atoms in total. The van der Waals surface area contributed by atoms with Crippen molar-refractivity contribution in [1.82, 2.24) is 9.88 Å². The molecule has 2 aromatic carbocycles. The van der Waals surface area contributed by atoms with Crippen LogP contribution in [-0.4, -0.2) is 42.2 Å². The van der Waals surface area contributed by atoms with E-state index >= 15 is 0 Å². The number of nitrogens with two attached hydrogens (primary N) is 1. The van der Waals surface area contributed by atoms with Crippen LogP contribution in [0.15, 0.2) is 54.7 Å². The molecular formula is C24H28N4O3. The van der Waals surface area contributed by atoms with Crippen LogP contribution in [0.25, 0.3) is 10.8 Å². The number of benzene rings is 2. The van der Waals surface area contributed by atoms with Crippen LogP contribution in [0, 0.1) is 0 Å². The average molecular weight is 421 g/mol. The molecule has 1 aliphatic rings. The molecule has 0 aliphatic carbocycles. The number of nitrogens with one attached hydrogen (secondary N) is 1. The predicted octanol–water partition coefficient (Wildman–Crippen LogP) is 3.92. The minimum absolute atomic E-state index is 0.190. The number of pyridine rings is 1. The predicted molar refractivity (Wildman–Crippen MR) is 121 cm³/mol. The van der Waals surface area contributed by atoms with Crippen molar-refractivity contribution in [1.29, 1.82) is 0 Å². The molecule has 3 N–H and O–H groups in total. The summed E-state index contributed by atoms with van der Waals surface area (Å²) in [4.78, 5) is 17.3. The molecule has 7 heteroatoms. The van der Waals surface area contributed by atoms with E-state index in [1.807, 2.05) is 18.2 Å². The molecule has 1 amide bonds. The summed E-state index contributed by atoms with van der Waals surface area (Å²) in [6, 6.07) is 16.2. The Labute approximate surface area is 182 Å². The highest BCUT2D eigenvalue weighted by atomic mass is 16.6. The van der Waals surface area contributed by atoms with E-state index in [1.165, 1.54) is 11.1 Å². The summed E-state index contributed by atoms with van der Waals surface area (Å²) >= 11 is 0. The molecule has 1 fully saturated rings. The topological polar surface area (TPSA) is 89.7 Å². The normalized spacial score (nSPS) is 15.1. The van der Waals surface area contributed by atoms with Crippen molar-refractivity contribution in [2.45, 2.75) is 32.1 Å². The van der Waals surface area contributed by atoms with Crippen LogP contribution >= 0.6 is 0 Å². The molecule has 3 aromatic rings. The van der Waals surface area contributed by atoms with Gasteiger partial charge in [0.1, 0.15) is 0 Å². The quantitative estimate of drug-likeness (QED) is 0.602. The Morgan fingerprint density at radius 1 is 1.10 bits per heavy atom. The summed E-state index contributed by atoms with van der Waals surface area (Å²) in [5, 5.41) is 5.30. The number of nitrogens with zero attached hydrogens (tertiary/aromatic N) is 2. The summed E-state index contributed by atoms with van der Waals surface area (Å²) in [6.45, 7) is 3.59. The van der Waals surface area contributed by atoms with Gasteiger partial charge in [0.15, 0.2) is 0 Å². The molecule has 0 atom stereocenters.